The molecule has 0 amide bonds. The topological polar surface area (TPSA) is 38.5 Å². The first kappa shape index (κ1) is 12.3. The molecule has 0 aromatic heterocycles. The third-order valence-electron chi connectivity index (χ3n) is 3.25. The number of piperidine rings is 1. The van der Waals surface area contributed by atoms with E-state index in [4.69, 9.17) is 10.5 Å². The van der Waals surface area contributed by atoms with Crippen molar-refractivity contribution >= 4 is 0 Å². The molecule has 1 aromatic rings. The second-order valence-corrected chi connectivity index (χ2v) is 4.58. The van der Waals surface area contributed by atoms with Crippen molar-refractivity contribution in [3.63, 3.8) is 0 Å². The Labute approximate surface area is 101 Å². The van der Waals surface area contributed by atoms with E-state index in [1.165, 1.54) is 7.11 Å². The maximum atomic E-state index is 13.5. The number of nitrogens with two attached hydrogens (primary N) is 1. The van der Waals surface area contributed by atoms with E-state index in [0.717, 1.165) is 38.0 Å². The summed E-state index contributed by atoms with van der Waals surface area (Å²) in [4.78, 5) is 2.31. The fraction of sp³-hybridized carbons (Fsp3) is 0.538. The Morgan fingerprint density at radius 1 is 1.41 bits per heavy atom. The summed E-state index contributed by atoms with van der Waals surface area (Å²) in [7, 11) is 1.48. The second kappa shape index (κ2) is 5.47. The van der Waals surface area contributed by atoms with Crippen molar-refractivity contribution in [2.75, 3.05) is 20.2 Å². The molecule has 0 spiro atoms. The zero-order chi connectivity index (χ0) is 12.3. The SMILES string of the molecule is COc1ccc(CN2CCC(N)CC2)cc1F. The molecule has 0 aliphatic carbocycles. The fourth-order valence-electron chi connectivity index (χ4n) is 2.18. The van der Waals surface area contributed by atoms with Gasteiger partial charge in [-0.2, -0.15) is 0 Å². The van der Waals surface area contributed by atoms with Crippen molar-refractivity contribution in [1.29, 1.82) is 0 Å². The number of likely N-dealkylation sites (tertiary alicyclic amines) is 1. The number of halogens is 1. The average Bonchev–Trinajstić information content (AvgIpc) is 2.32. The van der Waals surface area contributed by atoms with Gasteiger partial charge in [0.25, 0.3) is 0 Å². The summed E-state index contributed by atoms with van der Waals surface area (Å²) in [5.74, 6) is 0.00753. The minimum Gasteiger partial charge on any atom is -0.494 e. The lowest BCUT2D eigenvalue weighted by Crippen LogP contribution is -2.39. The summed E-state index contributed by atoms with van der Waals surface area (Å²) >= 11 is 0. The van der Waals surface area contributed by atoms with Crippen LogP contribution in [0.5, 0.6) is 5.75 Å². The van der Waals surface area contributed by atoms with Gasteiger partial charge in [0.1, 0.15) is 0 Å². The van der Waals surface area contributed by atoms with Gasteiger partial charge in [-0.25, -0.2) is 4.39 Å². The Balaban J connectivity index is 1.97. The number of benzene rings is 1. The summed E-state index contributed by atoms with van der Waals surface area (Å²) in [6, 6.07) is 5.48. The quantitative estimate of drug-likeness (QED) is 0.872. The highest BCUT2D eigenvalue weighted by molar-refractivity contribution is 5.29. The fourth-order valence-corrected chi connectivity index (χ4v) is 2.18. The molecule has 1 aliphatic heterocycles. The van der Waals surface area contributed by atoms with E-state index in [9.17, 15) is 4.39 Å². The van der Waals surface area contributed by atoms with Crippen LogP contribution in [0.2, 0.25) is 0 Å². The van der Waals surface area contributed by atoms with Gasteiger partial charge in [0.15, 0.2) is 11.6 Å². The van der Waals surface area contributed by atoms with Crippen LogP contribution in [-0.2, 0) is 6.54 Å². The molecule has 0 atom stereocenters. The van der Waals surface area contributed by atoms with Crippen LogP contribution in [0, 0.1) is 5.82 Å². The van der Waals surface area contributed by atoms with Crippen LogP contribution >= 0.6 is 0 Å². The van der Waals surface area contributed by atoms with Crippen molar-refractivity contribution in [1.82, 2.24) is 4.90 Å². The van der Waals surface area contributed by atoms with Crippen LogP contribution in [0.3, 0.4) is 0 Å². The van der Waals surface area contributed by atoms with E-state index in [2.05, 4.69) is 4.90 Å². The standard InChI is InChI=1S/C13H19FN2O/c1-17-13-3-2-10(8-12(13)14)9-16-6-4-11(15)5-7-16/h2-3,8,11H,4-7,9,15H2,1H3. The van der Waals surface area contributed by atoms with Crippen LogP contribution in [0.15, 0.2) is 18.2 Å². The zero-order valence-electron chi connectivity index (χ0n) is 10.2. The molecule has 94 valence electrons. The zero-order valence-corrected chi connectivity index (χ0v) is 10.2. The molecule has 17 heavy (non-hydrogen) atoms. The van der Waals surface area contributed by atoms with E-state index < -0.39 is 0 Å². The lowest BCUT2D eigenvalue weighted by molar-refractivity contribution is 0.205. The predicted molar refractivity (Wildman–Crippen MR) is 65.4 cm³/mol. The van der Waals surface area contributed by atoms with Crippen molar-refractivity contribution in [3.05, 3.63) is 29.6 Å². The maximum absolute atomic E-state index is 13.5. The summed E-state index contributed by atoms with van der Waals surface area (Å²) < 4.78 is 18.4. The predicted octanol–water partition coefficient (Wildman–Crippen LogP) is 1.76. The second-order valence-electron chi connectivity index (χ2n) is 4.58. The Morgan fingerprint density at radius 3 is 2.71 bits per heavy atom. The first-order valence-electron chi connectivity index (χ1n) is 5.99. The highest BCUT2D eigenvalue weighted by Gasteiger charge is 2.16. The molecule has 4 heteroatoms. The van der Waals surface area contributed by atoms with E-state index >= 15 is 0 Å². The molecule has 2 N–H and O–H groups in total. The minimum atomic E-state index is -0.293. The first-order valence-corrected chi connectivity index (χ1v) is 5.99. The molecule has 0 bridgehead atoms. The molecule has 2 rings (SSSR count). The van der Waals surface area contributed by atoms with Crippen molar-refractivity contribution in [3.8, 4) is 5.75 Å². The van der Waals surface area contributed by atoms with Crippen LogP contribution < -0.4 is 10.5 Å². The summed E-state index contributed by atoms with van der Waals surface area (Å²) in [5, 5.41) is 0. The van der Waals surface area contributed by atoms with E-state index in [1.807, 2.05) is 6.07 Å². The number of hydrogen-bond donors (Lipinski definition) is 1. The van der Waals surface area contributed by atoms with Crippen LogP contribution in [0.25, 0.3) is 0 Å². The Morgan fingerprint density at radius 2 is 2.12 bits per heavy atom. The largest absolute Gasteiger partial charge is 0.494 e. The van der Waals surface area contributed by atoms with Gasteiger partial charge in [-0.3, -0.25) is 4.90 Å². The molecule has 0 saturated carbocycles. The monoisotopic (exact) mass is 238 g/mol. The molecule has 1 aromatic carbocycles. The average molecular weight is 238 g/mol. The van der Waals surface area contributed by atoms with Crippen LogP contribution in [0.4, 0.5) is 4.39 Å². The lowest BCUT2D eigenvalue weighted by Gasteiger charge is -2.30. The molecule has 1 heterocycles. The lowest BCUT2D eigenvalue weighted by atomic mass is 10.1. The van der Waals surface area contributed by atoms with Crippen molar-refractivity contribution in [2.24, 2.45) is 5.73 Å². The van der Waals surface area contributed by atoms with Gasteiger partial charge in [0, 0.05) is 12.6 Å². The van der Waals surface area contributed by atoms with Gasteiger partial charge in [0.2, 0.25) is 0 Å². The van der Waals surface area contributed by atoms with Crippen LogP contribution in [0.1, 0.15) is 18.4 Å². The van der Waals surface area contributed by atoms with Crippen LogP contribution in [-0.4, -0.2) is 31.1 Å². The molecule has 1 saturated heterocycles. The van der Waals surface area contributed by atoms with E-state index in [1.54, 1.807) is 12.1 Å². The molecular formula is C13H19FN2O. The third-order valence-corrected chi connectivity index (χ3v) is 3.25. The molecule has 0 radical (unpaired) electrons. The van der Waals surface area contributed by atoms with Crippen molar-refractivity contribution < 1.29 is 9.13 Å². The molecular weight excluding hydrogens is 219 g/mol. The smallest absolute Gasteiger partial charge is 0.165 e. The van der Waals surface area contributed by atoms with Crippen molar-refractivity contribution in [2.45, 2.75) is 25.4 Å². The normalized spacial score (nSPS) is 18.3. The molecule has 0 unspecified atom stereocenters. The minimum absolute atomic E-state index is 0.293. The Kier molecular flexibility index (Phi) is 3.97. The van der Waals surface area contributed by atoms with Gasteiger partial charge in [-0.05, 0) is 43.6 Å². The van der Waals surface area contributed by atoms with E-state index in [-0.39, 0.29) is 5.82 Å². The highest BCUT2D eigenvalue weighted by atomic mass is 19.1. The van der Waals surface area contributed by atoms with Gasteiger partial charge in [-0.15, -0.1) is 0 Å². The Hall–Kier alpha value is -1.13. The molecule has 1 fully saturated rings. The number of nitrogens with zero attached hydrogens (tertiary/aromatic N) is 1. The maximum Gasteiger partial charge on any atom is 0.165 e. The summed E-state index contributed by atoms with van der Waals surface area (Å²) in [6.07, 6.45) is 2.05. The number of hydrogen-bond acceptors (Lipinski definition) is 3. The van der Waals surface area contributed by atoms with Gasteiger partial charge >= 0.3 is 0 Å². The van der Waals surface area contributed by atoms with Gasteiger partial charge in [0.05, 0.1) is 7.11 Å². The van der Waals surface area contributed by atoms with E-state index in [0.29, 0.717) is 11.8 Å². The Bertz CT molecular complexity index is 376. The first-order chi connectivity index (χ1) is 8.19. The summed E-state index contributed by atoms with van der Waals surface area (Å²) in [5.41, 5.74) is 6.83. The molecule has 3 nitrogen and oxygen atoms in total. The number of methoxy groups -OCH3 is 1. The highest BCUT2D eigenvalue weighted by Crippen LogP contribution is 2.19. The van der Waals surface area contributed by atoms with Gasteiger partial charge in [-0.1, -0.05) is 6.07 Å². The number of rotatable bonds is 3. The summed E-state index contributed by atoms with van der Waals surface area (Å²) in [6.45, 7) is 2.78. The van der Waals surface area contributed by atoms with Gasteiger partial charge < -0.3 is 10.5 Å². The number of ether oxygens (including phenoxy) is 1. The third kappa shape index (κ3) is 3.17. The molecule has 1 aliphatic rings.